The van der Waals surface area contributed by atoms with Crippen molar-refractivity contribution < 1.29 is 43.6 Å². The first-order valence-electron chi connectivity index (χ1n) is 22.6. The Morgan fingerprint density at radius 3 is 2.38 bits per heavy atom. The summed E-state index contributed by atoms with van der Waals surface area (Å²) in [5.41, 5.74) is 4.42. The molecule has 1 aliphatic heterocycles. The molecule has 0 radical (unpaired) electrons. The normalized spacial score (nSPS) is 22.5. The lowest BCUT2D eigenvalue weighted by Crippen LogP contribution is -2.69. The third-order valence-electron chi connectivity index (χ3n) is 13.2. The van der Waals surface area contributed by atoms with Gasteiger partial charge in [0, 0.05) is 43.7 Å². The summed E-state index contributed by atoms with van der Waals surface area (Å²) in [6.07, 6.45) is 9.53. The predicted molar refractivity (Wildman–Crippen MR) is 251 cm³/mol. The van der Waals surface area contributed by atoms with Crippen LogP contribution in [0.3, 0.4) is 0 Å². The van der Waals surface area contributed by atoms with Gasteiger partial charge >= 0.3 is 0 Å². The number of carbonyl (C=O) groups excluding carboxylic acids is 2. The van der Waals surface area contributed by atoms with Crippen molar-refractivity contribution in [2.75, 3.05) is 34.0 Å². The molecule has 11 nitrogen and oxygen atoms in total. The number of benzene rings is 5. The van der Waals surface area contributed by atoms with Crippen LogP contribution in [0.15, 0.2) is 139 Å². The monoisotopic (exact) mass is 878 g/mol. The highest BCUT2D eigenvalue weighted by molar-refractivity contribution is 6.04. The number of nitrogens with zero attached hydrogens (tertiary/aromatic N) is 2. The lowest BCUT2D eigenvalue weighted by Gasteiger charge is -2.59. The topological polar surface area (TPSA) is 136 Å². The fraction of sp³-hybridized carbons (Fsp3) is 0.352. The van der Waals surface area contributed by atoms with Crippen molar-refractivity contribution in [3.05, 3.63) is 156 Å². The van der Waals surface area contributed by atoms with E-state index < -0.39 is 17.7 Å². The standard InChI is InChI=1S/C54H58N2O9/c1-4-28-62-54-50(56(2)53(60)40-21-20-37-16-8-9-17-38(37)29-40)33-47(55-63-35-36-14-6-5-7-15-36)45-31-39(18-10-12-26-57)44(19-11-13-27-58)51(52(45)54)46-32-43(23-25-49(46)65-54)64-42-22-24-48(61-3)41(30-42)34-59/h4-9,14-17,20-25,29-32,34,39,44,50-52,57-58H,1,10-13,18-19,26-28,33,35H2,2-3H3/t39-,44+,50-,51+,52+,54+/m0/s1. The number of aldehydes is 1. The van der Waals surface area contributed by atoms with Gasteiger partial charge in [0.2, 0.25) is 5.79 Å². The van der Waals surface area contributed by atoms with Crippen molar-refractivity contribution in [3.8, 4) is 23.0 Å². The Labute approximate surface area is 380 Å². The molecule has 8 rings (SSSR count). The van der Waals surface area contributed by atoms with E-state index >= 15 is 0 Å². The Hall–Kier alpha value is -6.27. The molecule has 65 heavy (non-hydrogen) atoms. The average Bonchev–Trinajstić information content (AvgIpc) is 3.34. The summed E-state index contributed by atoms with van der Waals surface area (Å²) in [6, 6.07) is 33.8. The molecule has 0 saturated heterocycles. The first-order chi connectivity index (χ1) is 31.8. The van der Waals surface area contributed by atoms with Crippen molar-refractivity contribution in [1.82, 2.24) is 4.90 Å². The van der Waals surface area contributed by atoms with Crippen molar-refractivity contribution in [1.29, 1.82) is 0 Å². The number of rotatable bonds is 20. The average molecular weight is 879 g/mol. The number of methoxy groups -OCH3 is 1. The third-order valence-corrected chi connectivity index (χ3v) is 13.2. The number of aliphatic hydroxyl groups is 2. The van der Waals surface area contributed by atoms with Gasteiger partial charge in [0.1, 0.15) is 35.6 Å². The van der Waals surface area contributed by atoms with Crippen LogP contribution in [-0.2, 0) is 16.2 Å². The van der Waals surface area contributed by atoms with E-state index in [1.807, 2.05) is 98.0 Å². The molecule has 6 atom stereocenters. The maximum absolute atomic E-state index is 14.9. The molecule has 2 N–H and O–H groups in total. The molecule has 5 aromatic carbocycles. The molecule has 11 heteroatoms. The largest absolute Gasteiger partial charge is 0.496 e. The van der Waals surface area contributed by atoms with Crippen LogP contribution in [0.2, 0.25) is 0 Å². The summed E-state index contributed by atoms with van der Waals surface area (Å²) in [7, 11) is 3.33. The molecule has 338 valence electrons. The minimum Gasteiger partial charge on any atom is -0.496 e. The Morgan fingerprint density at radius 1 is 0.892 bits per heavy atom. The quantitative estimate of drug-likeness (QED) is 0.0339. The number of allylic oxidation sites excluding steroid dienone is 1. The first kappa shape index (κ1) is 45.3. The van der Waals surface area contributed by atoms with E-state index in [1.165, 1.54) is 7.11 Å². The molecule has 3 aliphatic rings. The van der Waals surface area contributed by atoms with Gasteiger partial charge in [-0.3, -0.25) is 9.59 Å². The summed E-state index contributed by atoms with van der Waals surface area (Å²) >= 11 is 0. The molecule has 5 aromatic rings. The van der Waals surface area contributed by atoms with Gasteiger partial charge in [0.15, 0.2) is 6.29 Å². The van der Waals surface area contributed by atoms with Gasteiger partial charge in [0.25, 0.3) is 5.91 Å². The van der Waals surface area contributed by atoms with E-state index in [2.05, 4.69) is 12.7 Å². The molecule has 0 unspecified atom stereocenters. The summed E-state index contributed by atoms with van der Waals surface area (Å²) < 4.78 is 26.3. The van der Waals surface area contributed by atoms with Gasteiger partial charge in [-0.15, -0.1) is 6.58 Å². The SMILES string of the molecule is C=CCO[C@@]12Oc3ccc(Oc4ccc(OC)c(C=O)c4)cc3[C@H]3[C@H](CCCCO)[C@@H](CCCCO)C=C(C(=NOCc4ccccc4)C[C@@H]1N(C)C(=O)c1ccc4ccccc4c1)[C@H]32. The fourth-order valence-corrected chi connectivity index (χ4v) is 10.2. The number of ether oxygens (including phenoxy) is 4. The molecular weight excluding hydrogens is 821 g/mol. The van der Waals surface area contributed by atoms with Crippen molar-refractivity contribution in [2.45, 2.75) is 69.3 Å². The molecule has 2 aliphatic carbocycles. The smallest absolute Gasteiger partial charge is 0.254 e. The van der Waals surface area contributed by atoms with Gasteiger partial charge in [-0.05, 0) is 108 Å². The number of fused-ring (bicyclic) bond motifs is 3. The van der Waals surface area contributed by atoms with Crippen LogP contribution >= 0.6 is 0 Å². The Morgan fingerprint density at radius 2 is 1.63 bits per heavy atom. The third kappa shape index (κ3) is 9.45. The molecule has 0 spiro atoms. The van der Waals surface area contributed by atoms with Crippen LogP contribution in [0, 0.1) is 17.8 Å². The van der Waals surface area contributed by atoms with Crippen molar-refractivity contribution in [3.63, 3.8) is 0 Å². The summed E-state index contributed by atoms with van der Waals surface area (Å²) in [4.78, 5) is 34.9. The summed E-state index contributed by atoms with van der Waals surface area (Å²) in [5.74, 6) is -0.221. The van der Waals surface area contributed by atoms with Gasteiger partial charge in [-0.2, -0.15) is 0 Å². The second-order valence-electron chi connectivity index (χ2n) is 17.1. The van der Waals surface area contributed by atoms with Gasteiger partial charge in [0.05, 0.1) is 30.9 Å². The highest BCUT2D eigenvalue weighted by atomic mass is 16.7. The molecule has 1 amide bonds. The highest BCUT2D eigenvalue weighted by Gasteiger charge is 2.65. The number of aliphatic hydroxyl groups excluding tert-OH is 2. The van der Waals surface area contributed by atoms with Crippen molar-refractivity contribution in [2.24, 2.45) is 22.9 Å². The van der Waals surface area contributed by atoms with E-state index in [0.717, 1.165) is 59.4 Å². The molecule has 1 fully saturated rings. The zero-order chi connectivity index (χ0) is 45.3. The lowest BCUT2D eigenvalue weighted by molar-refractivity contribution is -0.252. The van der Waals surface area contributed by atoms with Crippen LogP contribution in [0.4, 0.5) is 0 Å². The van der Waals surface area contributed by atoms with E-state index in [1.54, 1.807) is 29.2 Å². The molecule has 0 aromatic heterocycles. The maximum Gasteiger partial charge on any atom is 0.254 e. The summed E-state index contributed by atoms with van der Waals surface area (Å²) in [5, 5.41) is 26.9. The van der Waals surface area contributed by atoms with E-state index in [0.29, 0.717) is 52.7 Å². The second-order valence-corrected chi connectivity index (χ2v) is 17.1. The van der Waals surface area contributed by atoms with Gasteiger partial charge in [-0.1, -0.05) is 90.8 Å². The molecular formula is C54H58N2O9. The number of hydrogen-bond donors (Lipinski definition) is 2. The van der Waals surface area contributed by atoms with Crippen LogP contribution in [0.1, 0.15) is 82.7 Å². The number of likely N-dealkylation sites (N-methyl/N-ethyl adjacent to an activating group) is 1. The number of carbonyl (C=O) groups is 2. The number of oxime groups is 1. The first-order valence-corrected chi connectivity index (χ1v) is 22.6. The molecule has 0 bridgehead atoms. The van der Waals surface area contributed by atoms with E-state index in [4.69, 9.17) is 28.9 Å². The predicted octanol–water partition coefficient (Wildman–Crippen LogP) is 10.1. The zero-order valence-electron chi connectivity index (χ0n) is 37.1. The van der Waals surface area contributed by atoms with Crippen molar-refractivity contribution >= 4 is 28.7 Å². The van der Waals surface area contributed by atoms with Crippen LogP contribution < -0.4 is 14.2 Å². The maximum atomic E-state index is 14.9. The Kier molecular flexibility index (Phi) is 14.4. The Bertz CT molecular complexity index is 2540. The minimum absolute atomic E-state index is 0.0213. The lowest BCUT2D eigenvalue weighted by atomic mass is 9.55. The summed E-state index contributed by atoms with van der Waals surface area (Å²) in [6.45, 7) is 4.61. The number of unbranched alkanes of at least 4 members (excludes halogenated alkanes) is 2. The van der Waals surface area contributed by atoms with Crippen LogP contribution in [-0.4, -0.2) is 78.8 Å². The molecule has 1 heterocycles. The highest BCUT2D eigenvalue weighted by Crippen LogP contribution is 2.62. The van der Waals surface area contributed by atoms with Gasteiger partial charge < -0.3 is 38.9 Å². The Balaban J connectivity index is 1.31. The fourth-order valence-electron chi connectivity index (χ4n) is 10.2. The minimum atomic E-state index is -1.42. The van der Waals surface area contributed by atoms with Gasteiger partial charge in [-0.25, -0.2) is 0 Å². The zero-order valence-corrected chi connectivity index (χ0v) is 37.1. The van der Waals surface area contributed by atoms with E-state index in [9.17, 15) is 19.8 Å². The van der Waals surface area contributed by atoms with Crippen LogP contribution in [0.25, 0.3) is 10.8 Å². The number of hydrogen-bond acceptors (Lipinski definition) is 10. The molecule has 1 saturated carbocycles. The van der Waals surface area contributed by atoms with Crippen LogP contribution in [0.5, 0.6) is 23.0 Å². The number of amides is 1. The second kappa shape index (κ2) is 20.7. The van der Waals surface area contributed by atoms with E-state index in [-0.39, 0.29) is 56.5 Å².